The number of nitrogens with one attached hydrogen (secondary N) is 1. The van der Waals surface area contributed by atoms with Crippen LogP contribution in [-0.4, -0.2) is 64.7 Å². The lowest BCUT2D eigenvalue weighted by atomic mass is 9.96. The summed E-state index contributed by atoms with van der Waals surface area (Å²) in [5.41, 5.74) is 3.85. The number of carbonyl (C=O) groups is 1. The summed E-state index contributed by atoms with van der Waals surface area (Å²) in [6.45, 7) is 12.0. The van der Waals surface area contributed by atoms with Crippen molar-refractivity contribution >= 4 is 17.4 Å². The van der Waals surface area contributed by atoms with Gasteiger partial charge in [-0.3, -0.25) is 4.79 Å². The van der Waals surface area contributed by atoms with E-state index in [1.807, 2.05) is 35.7 Å². The second kappa shape index (κ2) is 10.8. The van der Waals surface area contributed by atoms with Crippen LogP contribution in [0.2, 0.25) is 0 Å². The highest BCUT2D eigenvalue weighted by molar-refractivity contribution is 5.79. The highest BCUT2D eigenvalue weighted by Crippen LogP contribution is 2.27. The van der Waals surface area contributed by atoms with Gasteiger partial charge in [0.15, 0.2) is 5.65 Å². The predicted octanol–water partition coefficient (Wildman–Crippen LogP) is 3.77. The Kier molecular flexibility index (Phi) is 7.60. The fraction of sp³-hybridized carbons (Fsp3) is 0.500. The lowest BCUT2D eigenvalue weighted by molar-refractivity contribution is -0.125. The van der Waals surface area contributed by atoms with Gasteiger partial charge in [-0.1, -0.05) is 44.2 Å². The fourth-order valence-electron chi connectivity index (χ4n) is 4.62. The molecule has 7 heteroatoms. The quantitative estimate of drug-likeness (QED) is 0.505. The number of aromatic nitrogens is 3. The lowest BCUT2D eigenvalue weighted by Crippen LogP contribution is -2.41. The van der Waals surface area contributed by atoms with Crippen molar-refractivity contribution in [3.05, 3.63) is 48.2 Å². The minimum atomic E-state index is 0.0885. The normalized spacial score (nSPS) is 14.8. The Balaban J connectivity index is 1.38. The molecule has 1 amide bonds. The molecule has 1 saturated heterocycles. The maximum atomic E-state index is 12.7. The van der Waals surface area contributed by atoms with Crippen LogP contribution in [0, 0.1) is 12.8 Å². The molecule has 1 aromatic carbocycles. The maximum Gasteiger partial charge on any atom is 0.223 e. The summed E-state index contributed by atoms with van der Waals surface area (Å²) in [7, 11) is 0. The van der Waals surface area contributed by atoms with E-state index in [1.165, 1.54) is 0 Å². The van der Waals surface area contributed by atoms with Crippen molar-refractivity contribution in [2.45, 2.75) is 40.0 Å². The molecular weight excluding hydrogens is 412 g/mol. The van der Waals surface area contributed by atoms with Crippen LogP contribution in [0.4, 0.5) is 5.82 Å². The first-order chi connectivity index (χ1) is 16.1. The average molecular weight is 449 g/mol. The van der Waals surface area contributed by atoms with Crippen LogP contribution in [0.5, 0.6) is 0 Å². The van der Waals surface area contributed by atoms with Crippen molar-refractivity contribution in [2.75, 3.05) is 44.2 Å². The lowest BCUT2D eigenvalue weighted by Gasteiger charge is -2.33. The fourth-order valence-corrected chi connectivity index (χ4v) is 4.62. The summed E-state index contributed by atoms with van der Waals surface area (Å²) in [6, 6.07) is 14.3. The van der Waals surface area contributed by atoms with Crippen molar-refractivity contribution in [1.82, 2.24) is 24.8 Å². The molecule has 0 bridgehead atoms. The van der Waals surface area contributed by atoms with Gasteiger partial charge in [-0.2, -0.15) is 9.61 Å². The number of carbonyl (C=O) groups excluding carboxylic acids is 1. The summed E-state index contributed by atoms with van der Waals surface area (Å²) < 4.78 is 1.95. The van der Waals surface area contributed by atoms with Gasteiger partial charge in [0.1, 0.15) is 5.82 Å². The topological polar surface area (TPSA) is 65.8 Å². The Labute approximate surface area is 196 Å². The summed E-state index contributed by atoms with van der Waals surface area (Å²) in [4.78, 5) is 22.1. The molecular formula is C26H36N6O. The van der Waals surface area contributed by atoms with Crippen LogP contribution < -0.4 is 10.2 Å². The van der Waals surface area contributed by atoms with Gasteiger partial charge in [-0.05, 0) is 45.8 Å². The van der Waals surface area contributed by atoms with Crippen LogP contribution >= 0.6 is 0 Å². The molecule has 33 heavy (non-hydrogen) atoms. The van der Waals surface area contributed by atoms with E-state index >= 15 is 0 Å². The van der Waals surface area contributed by atoms with Gasteiger partial charge in [0, 0.05) is 48.9 Å². The number of nitrogens with zero attached hydrogens (tertiary/aromatic N) is 5. The number of hydrogen-bond acceptors (Lipinski definition) is 5. The smallest absolute Gasteiger partial charge is 0.223 e. The van der Waals surface area contributed by atoms with Gasteiger partial charge in [0.05, 0.1) is 5.69 Å². The van der Waals surface area contributed by atoms with Gasteiger partial charge >= 0.3 is 0 Å². The van der Waals surface area contributed by atoms with E-state index in [0.29, 0.717) is 0 Å². The Morgan fingerprint density at radius 2 is 1.85 bits per heavy atom. The van der Waals surface area contributed by atoms with E-state index in [2.05, 4.69) is 47.2 Å². The molecule has 0 unspecified atom stereocenters. The molecule has 2 aromatic heterocycles. The predicted molar refractivity (Wildman–Crippen MR) is 134 cm³/mol. The average Bonchev–Trinajstić information content (AvgIpc) is 3.28. The van der Waals surface area contributed by atoms with Crippen molar-refractivity contribution in [1.29, 1.82) is 0 Å². The number of hydrogen-bond donors (Lipinski definition) is 1. The molecule has 0 atom stereocenters. The largest absolute Gasteiger partial charge is 0.356 e. The van der Waals surface area contributed by atoms with Gasteiger partial charge in [-0.15, -0.1) is 0 Å². The molecule has 1 fully saturated rings. The number of fused-ring (bicyclic) bond motifs is 1. The minimum absolute atomic E-state index is 0.0885. The van der Waals surface area contributed by atoms with E-state index in [9.17, 15) is 4.79 Å². The highest BCUT2D eigenvalue weighted by Gasteiger charge is 2.26. The number of piperidine rings is 1. The van der Waals surface area contributed by atoms with E-state index in [0.717, 1.165) is 86.9 Å². The first kappa shape index (κ1) is 23.2. The standard InChI is InChI=1S/C26H36N6O/c1-4-30(5-2)15-9-14-27-26(33)22-12-16-31(17-13-22)25-18-20(3)28-24-19-23(29-32(24)25)21-10-7-6-8-11-21/h6-8,10-11,18-19,22H,4-5,9,12-17H2,1-3H3,(H,27,33). The molecule has 4 rings (SSSR count). The Bertz CT molecular complexity index is 1050. The minimum Gasteiger partial charge on any atom is -0.356 e. The number of anilines is 1. The van der Waals surface area contributed by atoms with Gasteiger partial charge in [0.2, 0.25) is 5.91 Å². The Hall–Kier alpha value is -2.93. The summed E-state index contributed by atoms with van der Waals surface area (Å²) in [5.74, 6) is 1.35. The highest BCUT2D eigenvalue weighted by atomic mass is 16.1. The third-order valence-corrected chi connectivity index (χ3v) is 6.64. The first-order valence-corrected chi connectivity index (χ1v) is 12.3. The molecule has 0 spiro atoms. The second-order valence-electron chi connectivity index (χ2n) is 8.85. The van der Waals surface area contributed by atoms with E-state index in [4.69, 9.17) is 10.1 Å². The zero-order chi connectivity index (χ0) is 23.2. The molecule has 0 radical (unpaired) electrons. The molecule has 7 nitrogen and oxygen atoms in total. The van der Waals surface area contributed by atoms with Crippen LogP contribution in [0.1, 0.15) is 38.8 Å². The Morgan fingerprint density at radius 3 is 2.55 bits per heavy atom. The number of aryl methyl sites for hydroxylation is 1. The van der Waals surface area contributed by atoms with Crippen LogP contribution in [-0.2, 0) is 4.79 Å². The molecule has 1 aliphatic heterocycles. The van der Waals surface area contributed by atoms with E-state index in [1.54, 1.807) is 0 Å². The first-order valence-electron chi connectivity index (χ1n) is 12.3. The number of rotatable bonds is 9. The van der Waals surface area contributed by atoms with Gasteiger partial charge in [0.25, 0.3) is 0 Å². The second-order valence-corrected chi connectivity index (χ2v) is 8.85. The van der Waals surface area contributed by atoms with Crippen molar-refractivity contribution in [3.8, 4) is 11.3 Å². The molecule has 3 aromatic rings. The van der Waals surface area contributed by atoms with E-state index in [-0.39, 0.29) is 11.8 Å². The van der Waals surface area contributed by atoms with Crippen molar-refractivity contribution < 1.29 is 4.79 Å². The molecule has 1 aliphatic rings. The molecule has 0 saturated carbocycles. The van der Waals surface area contributed by atoms with Gasteiger partial charge in [-0.25, -0.2) is 4.98 Å². The van der Waals surface area contributed by atoms with E-state index < -0.39 is 0 Å². The van der Waals surface area contributed by atoms with Crippen LogP contribution in [0.3, 0.4) is 0 Å². The number of benzene rings is 1. The Morgan fingerprint density at radius 1 is 1.12 bits per heavy atom. The van der Waals surface area contributed by atoms with Crippen LogP contribution in [0.25, 0.3) is 16.9 Å². The molecule has 1 N–H and O–H groups in total. The summed E-state index contributed by atoms with van der Waals surface area (Å²) in [5, 5.41) is 8.02. The SMILES string of the molecule is CCN(CC)CCCNC(=O)C1CCN(c2cc(C)nc3cc(-c4ccccc4)nn23)CC1. The third-order valence-electron chi connectivity index (χ3n) is 6.64. The van der Waals surface area contributed by atoms with Crippen LogP contribution in [0.15, 0.2) is 42.5 Å². The summed E-state index contributed by atoms with van der Waals surface area (Å²) in [6.07, 6.45) is 2.72. The van der Waals surface area contributed by atoms with Crippen molar-refractivity contribution in [3.63, 3.8) is 0 Å². The molecule has 0 aliphatic carbocycles. The zero-order valence-corrected chi connectivity index (χ0v) is 20.1. The monoisotopic (exact) mass is 448 g/mol. The number of amides is 1. The maximum absolute atomic E-state index is 12.7. The molecule has 3 heterocycles. The van der Waals surface area contributed by atoms with Gasteiger partial charge < -0.3 is 15.1 Å². The van der Waals surface area contributed by atoms with Crippen molar-refractivity contribution in [2.24, 2.45) is 5.92 Å². The summed E-state index contributed by atoms with van der Waals surface area (Å²) >= 11 is 0. The third kappa shape index (κ3) is 5.53. The zero-order valence-electron chi connectivity index (χ0n) is 20.1. The molecule has 176 valence electrons.